The average molecular weight is 508 g/mol. The number of anilines is 1. The normalized spacial score (nSPS) is 12.5. The fraction of sp³-hybridized carbons (Fsp3) is 0.240. The number of ether oxygens (including phenoxy) is 1. The second kappa shape index (κ2) is 10.3. The number of methoxy groups -OCH3 is 1. The monoisotopic (exact) mass is 507 g/mol. The maximum absolute atomic E-state index is 13.0. The Balaban J connectivity index is 1.64. The molecule has 5 aromatic rings. The lowest BCUT2D eigenvalue weighted by atomic mass is 10.0. The van der Waals surface area contributed by atoms with E-state index in [1.54, 1.807) is 24.2 Å². The molecule has 3 N–H and O–H groups in total. The van der Waals surface area contributed by atoms with E-state index in [0.29, 0.717) is 40.9 Å². The molecule has 0 fully saturated rings. The number of fused-ring (bicyclic) bond motifs is 2. The topological polar surface area (TPSA) is 122 Å². The van der Waals surface area contributed by atoms with Crippen molar-refractivity contribution in [2.24, 2.45) is 0 Å². The summed E-state index contributed by atoms with van der Waals surface area (Å²) in [7, 11) is 1.64. The number of aromatic nitrogens is 4. The second-order valence-corrected chi connectivity index (χ2v) is 10.8. The Hall–Kier alpha value is -3.02. The van der Waals surface area contributed by atoms with Gasteiger partial charge in [0, 0.05) is 36.1 Å². The third kappa shape index (κ3) is 4.63. The average Bonchev–Trinajstić information content (AvgIpc) is 3.44. The zero-order chi connectivity index (χ0) is 24.4. The van der Waals surface area contributed by atoms with E-state index in [2.05, 4.69) is 10.1 Å². The van der Waals surface area contributed by atoms with E-state index in [-0.39, 0.29) is 6.61 Å². The molecule has 10 heteroatoms. The summed E-state index contributed by atoms with van der Waals surface area (Å²) < 4.78 is 20.5. The van der Waals surface area contributed by atoms with Crippen LogP contribution in [0.3, 0.4) is 0 Å². The van der Waals surface area contributed by atoms with Crippen molar-refractivity contribution in [1.82, 2.24) is 19.7 Å². The molecule has 1 atom stereocenters. The van der Waals surface area contributed by atoms with Gasteiger partial charge in [0.05, 0.1) is 31.6 Å². The third-order valence-electron chi connectivity index (χ3n) is 5.72. The highest BCUT2D eigenvalue weighted by molar-refractivity contribution is 7.93. The molecular formula is C25H25N5O3S2. The van der Waals surface area contributed by atoms with Gasteiger partial charge in [0.1, 0.15) is 16.3 Å². The molecule has 0 spiro atoms. The van der Waals surface area contributed by atoms with Crippen LogP contribution in [0.25, 0.3) is 43.6 Å². The molecule has 1 aromatic carbocycles. The third-order valence-corrected chi connectivity index (χ3v) is 8.71. The van der Waals surface area contributed by atoms with Crippen molar-refractivity contribution < 1.29 is 14.4 Å². The van der Waals surface area contributed by atoms with Gasteiger partial charge < -0.3 is 20.1 Å². The molecule has 0 radical (unpaired) electrons. The number of rotatable bonds is 9. The first kappa shape index (κ1) is 23.7. The van der Waals surface area contributed by atoms with Crippen LogP contribution in [0.4, 0.5) is 5.69 Å². The summed E-state index contributed by atoms with van der Waals surface area (Å²) in [6.45, 7) is 0.934. The Kier molecular flexibility index (Phi) is 6.98. The van der Waals surface area contributed by atoms with Crippen LogP contribution < -0.4 is 5.73 Å². The quantitative estimate of drug-likeness (QED) is 0.228. The van der Waals surface area contributed by atoms with Gasteiger partial charge >= 0.3 is 0 Å². The molecule has 5 rings (SSSR count). The number of hydrogen-bond acceptors (Lipinski definition) is 8. The molecule has 4 heterocycles. The fourth-order valence-corrected chi connectivity index (χ4v) is 6.69. The Labute approximate surface area is 209 Å². The van der Waals surface area contributed by atoms with Crippen molar-refractivity contribution in [3.63, 3.8) is 0 Å². The highest BCUT2D eigenvalue weighted by Gasteiger charge is 2.25. The molecule has 0 aliphatic rings. The highest BCUT2D eigenvalue weighted by atomic mass is 32.2. The van der Waals surface area contributed by atoms with Crippen LogP contribution >= 0.6 is 11.3 Å². The number of aliphatic hydroxyl groups excluding tert-OH is 1. The maximum atomic E-state index is 13.0. The van der Waals surface area contributed by atoms with E-state index < -0.39 is 11.2 Å². The van der Waals surface area contributed by atoms with E-state index in [4.69, 9.17) is 15.5 Å². The van der Waals surface area contributed by atoms with E-state index in [1.165, 1.54) is 11.3 Å². The van der Waals surface area contributed by atoms with Gasteiger partial charge in [-0.25, -0.2) is 14.6 Å². The molecule has 0 amide bonds. The van der Waals surface area contributed by atoms with Crippen LogP contribution in [0.5, 0.6) is 0 Å². The number of nitrogens with two attached hydrogens (primary N) is 1. The second-order valence-electron chi connectivity index (χ2n) is 8.03. The smallest absolute Gasteiger partial charge is 0.232 e. The van der Waals surface area contributed by atoms with Crippen LogP contribution in [-0.2, 0) is 22.5 Å². The van der Waals surface area contributed by atoms with Crippen LogP contribution in [0.15, 0.2) is 59.1 Å². The number of benzene rings is 1. The van der Waals surface area contributed by atoms with Crippen molar-refractivity contribution in [1.29, 1.82) is 0 Å². The summed E-state index contributed by atoms with van der Waals surface area (Å²) in [5, 5.41) is 15.3. The molecule has 8 nitrogen and oxygen atoms in total. The fourth-order valence-electron chi connectivity index (χ4n) is 4.06. The zero-order valence-corrected chi connectivity index (χ0v) is 20.8. The standard InChI is InChI=1S/C25H25N5O3S2/c1-33-10-5-11-35(32)25-22(26)21-19(16-6-3-2-4-7-16)13-20(29-24(21)34-25)17-12-18-15-28-30(8-9-31)23(18)27-14-17/h2-4,6-7,12-15,31H,5,8-11,26H2,1H3. The Morgan fingerprint density at radius 2 is 2.00 bits per heavy atom. The molecule has 0 saturated heterocycles. The van der Waals surface area contributed by atoms with Crippen LogP contribution in [0.2, 0.25) is 0 Å². The Bertz CT molecular complexity index is 1470. The maximum Gasteiger partial charge on any atom is 0.232 e. The molecule has 180 valence electrons. The first-order valence-electron chi connectivity index (χ1n) is 11.2. The summed E-state index contributed by atoms with van der Waals surface area (Å²) in [6, 6.07) is 14.0. The van der Waals surface area contributed by atoms with Crippen molar-refractivity contribution in [2.45, 2.75) is 17.2 Å². The lowest BCUT2D eigenvalue weighted by Crippen LogP contribution is -2.09. The molecule has 0 bridgehead atoms. The SMILES string of the molecule is COCCC[S+]([O-])c1sc2nc(-c3cnc4c(cnn4CCO)c3)cc(-c3ccccc3)c2c1N. The van der Waals surface area contributed by atoms with E-state index >= 15 is 0 Å². The number of aliphatic hydroxyl groups is 1. The summed E-state index contributed by atoms with van der Waals surface area (Å²) in [5.74, 6) is 0.483. The lowest BCUT2D eigenvalue weighted by molar-refractivity contribution is 0.199. The summed E-state index contributed by atoms with van der Waals surface area (Å²) in [6.07, 6.45) is 4.20. The van der Waals surface area contributed by atoms with E-state index in [1.807, 2.05) is 42.5 Å². The van der Waals surface area contributed by atoms with Crippen LogP contribution in [-0.4, -0.2) is 55.5 Å². The first-order valence-corrected chi connectivity index (χ1v) is 13.3. The van der Waals surface area contributed by atoms with E-state index in [0.717, 1.165) is 38.0 Å². The van der Waals surface area contributed by atoms with Gasteiger partial charge in [-0.3, -0.25) is 0 Å². The summed E-state index contributed by atoms with van der Waals surface area (Å²) >= 11 is 0.147. The summed E-state index contributed by atoms with van der Waals surface area (Å²) in [5.41, 5.74) is 11.4. The van der Waals surface area contributed by atoms with Crippen molar-refractivity contribution >= 4 is 49.5 Å². The van der Waals surface area contributed by atoms with Crippen molar-refractivity contribution in [2.75, 3.05) is 31.8 Å². The number of pyridine rings is 2. The van der Waals surface area contributed by atoms with Gasteiger partial charge in [-0.05, 0) is 34.4 Å². The molecular weight excluding hydrogens is 482 g/mol. The van der Waals surface area contributed by atoms with Gasteiger partial charge in [0.15, 0.2) is 5.65 Å². The number of hydrogen-bond donors (Lipinski definition) is 2. The molecule has 4 aromatic heterocycles. The Morgan fingerprint density at radius 1 is 1.17 bits per heavy atom. The minimum atomic E-state index is -1.23. The molecule has 35 heavy (non-hydrogen) atoms. The number of nitrogen functional groups attached to an aromatic ring is 1. The van der Waals surface area contributed by atoms with Gasteiger partial charge in [-0.1, -0.05) is 41.7 Å². The zero-order valence-electron chi connectivity index (χ0n) is 19.2. The van der Waals surface area contributed by atoms with Gasteiger partial charge in [-0.2, -0.15) is 5.10 Å². The predicted octanol–water partition coefficient (Wildman–Crippen LogP) is 4.09. The molecule has 0 saturated carbocycles. The largest absolute Gasteiger partial charge is 0.611 e. The number of thiophene rings is 1. The van der Waals surface area contributed by atoms with Crippen LogP contribution in [0, 0.1) is 0 Å². The van der Waals surface area contributed by atoms with Crippen molar-refractivity contribution in [3.05, 3.63) is 54.9 Å². The van der Waals surface area contributed by atoms with Gasteiger partial charge in [-0.15, -0.1) is 0 Å². The Morgan fingerprint density at radius 3 is 2.77 bits per heavy atom. The number of nitrogens with zero attached hydrogens (tertiary/aromatic N) is 4. The molecule has 1 unspecified atom stereocenters. The molecule has 0 aliphatic heterocycles. The van der Waals surface area contributed by atoms with E-state index in [9.17, 15) is 9.66 Å². The van der Waals surface area contributed by atoms with Crippen LogP contribution in [0.1, 0.15) is 6.42 Å². The predicted molar refractivity (Wildman–Crippen MR) is 141 cm³/mol. The van der Waals surface area contributed by atoms with Crippen molar-refractivity contribution in [3.8, 4) is 22.4 Å². The van der Waals surface area contributed by atoms with Gasteiger partial charge in [0.2, 0.25) is 4.21 Å². The lowest BCUT2D eigenvalue weighted by Gasteiger charge is -2.10. The highest BCUT2D eigenvalue weighted by Crippen LogP contribution is 2.43. The first-order chi connectivity index (χ1) is 17.1. The summed E-state index contributed by atoms with van der Waals surface area (Å²) in [4.78, 5) is 10.2. The molecule has 0 aliphatic carbocycles. The van der Waals surface area contributed by atoms with Gasteiger partial charge in [0.25, 0.3) is 0 Å². The minimum absolute atomic E-state index is 0.00611. The minimum Gasteiger partial charge on any atom is -0.611 e.